The summed E-state index contributed by atoms with van der Waals surface area (Å²) in [6.07, 6.45) is 2.71. The van der Waals surface area contributed by atoms with Crippen molar-refractivity contribution in [2.24, 2.45) is 5.41 Å². The lowest BCUT2D eigenvalue weighted by Gasteiger charge is -2.22. The maximum Gasteiger partial charge on any atom is 0.317 e. The van der Waals surface area contributed by atoms with E-state index in [1.807, 2.05) is 4.90 Å². The number of urea groups is 1. The first-order valence-electron chi connectivity index (χ1n) is 8.14. The fourth-order valence-corrected chi connectivity index (χ4v) is 3.83. The third-order valence-corrected chi connectivity index (χ3v) is 5.37. The van der Waals surface area contributed by atoms with Crippen molar-refractivity contribution in [3.8, 4) is 0 Å². The zero-order valence-corrected chi connectivity index (χ0v) is 12.9. The fourth-order valence-electron chi connectivity index (χ4n) is 3.83. The maximum atomic E-state index is 13.8. The van der Waals surface area contributed by atoms with E-state index in [9.17, 15) is 13.6 Å². The Kier molecular flexibility index (Phi) is 3.52. The Balaban J connectivity index is 1.34. The smallest absolute Gasteiger partial charge is 0.317 e. The summed E-state index contributed by atoms with van der Waals surface area (Å²) in [5.41, 5.74) is 0.627. The number of benzene rings is 1. The number of ether oxygens (including phenoxy) is 1. The molecule has 6 heteroatoms. The molecule has 1 saturated carbocycles. The van der Waals surface area contributed by atoms with Crippen molar-refractivity contribution in [1.29, 1.82) is 0 Å². The van der Waals surface area contributed by atoms with E-state index in [1.165, 1.54) is 12.1 Å². The number of carbonyl (C=O) groups is 1. The highest BCUT2D eigenvalue weighted by atomic mass is 19.1. The molecule has 0 radical (unpaired) electrons. The highest BCUT2D eigenvalue weighted by Gasteiger charge is 2.45. The number of amides is 2. The van der Waals surface area contributed by atoms with Gasteiger partial charge in [0.05, 0.1) is 6.61 Å². The molecule has 1 aromatic rings. The van der Waals surface area contributed by atoms with Crippen molar-refractivity contribution in [1.82, 2.24) is 10.2 Å². The van der Waals surface area contributed by atoms with E-state index in [1.54, 1.807) is 0 Å². The van der Waals surface area contributed by atoms with Crippen LogP contribution in [0, 0.1) is 17.0 Å². The minimum Gasteiger partial charge on any atom is -0.381 e. The predicted molar refractivity (Wildman–Crippen MR) is 80.1 cm³/mol. The van der Waals surface area contributed by atoms with E-state index < -0.39 is 11.6 Å². The Morgan fingerprint density at radius 2 is 2.22 bits per heavy atom. The van der Waals surface area contributed by atoms with Gasteiger partial charge in [0, 0.05) is 43.1 Å². The number of halogens is 2. The lowest BCUT2D eigenvalue weighted by molar-refractivity contribution is 0.152. The van der Waals surface area contributed by atoms with Crippen molar-refractivity contribution in [3.05, 3.63) is 35.4 Å². The van der Waals surface area contributed by atoms with Gasteiger partial charge in [-0.2, -0.15) is 0 Å². The van der Waals surface area contributed by atoms with Crippen LogP contribution < -0.4 is 5.32 Å². The Hall–Kier alpha value is -1.69. The normalized spacial score (nSPS) is 32.5. The number of carbonyl (C=O) groups excluding carboxylic acids is 1. The lowest BCUT2D eigenvalue weighted by Crippen LogP contribution is -2.41. The van der Waals surface area contributed by atoms with Crippen LogP contribution in [0.3, 0.4) is 0 Å². The third kappa shape index (κ3) is 2.80. The maximum absolute atomic E-state index is 13.8. The molecule has 2 aliphatic heterocycles. The predicted octanol–water partition coefficient (Wildman–Crippen LogP) is 2.64. The van der Waals surface area contributed by atoms with E-state index in [4.69, 9.17) is 4.74 Å². The molecule has 4 nitrogen and oxygen atoms in total. The highest BCUT2D eigenvalue weighted by Crippen LogP contribution is 2.43. The zero-order chi connectivity index (χ0) is 16.0. The summed E-state index contributed by atoms with van der Waals surface area (Å²) in [6.45, 7) is 3.01. The minimum atomic E-state index is -0.575. The summed E-state index contributed by atoms with van der Waals surface area (Å²) >= 11 is 0. The van der Waals surface area contributed by atoms with Crippen LogP contribution in [0.2, 0.25) is 0 Å². The molecule has 3 atom stereocenters. The van der Waals surface area contributed by atoms with E-state index >= 15 is 0 Å². The SMILES string of the molecule is O=C(N[C@@H]1C[C@@H]1c1ccc(F)cc1F)N1CC[C@]2(CCOC2)C1. The number of hydrogen-bond acceptors (Lipinski definition) is 2. The molecule has 4 rings (SSSR count). The first kappa shape index (κ1) is 14.9. The van der Waals surface area contributed by atoms with Crippen molar-refractivity contribution < 1.29 is 18.3 Å². The van der Waals surface area contributed by atoms with Crippen molar-refractivity contribution >= 4 is 6.03 Å². The van der Waals surface area contributed by atoms with Gasteiger partial charge >= 0.3 is 6.03 Å². The van der Waals surface area contributed by atoms with Crippen LogP contribution in [0.5, 0.6) is 0 Å². The highest BCUT2D eigenvalue weighted by molar-refractivity contribution is 5.75. The summed E-state index contributed by atoms with van der Waals surface area (Å²) < 4.78 is 32.2. The molecule has 2 amide bonds. The molecule has 3 aliphatic rings. The van der Waals surface area contributed by atoms with Gasteiger partial charge in [-0.3, -0.25) is 0 Å². The largest absolute Gasteiger partial charge is 0.381 e. The van der Waals surface area contributed by atoms with Crippen molar-refractivity contribution in [2.45, 2.75) is 31.2 Å². The van der Waals surface area contributed by atoms with Gasteiger partial charge in [0.1, 0.15) is 11.6 Å². The average Bonchev–Trinajstić information content (AvgIpc) is 2.96. The number of nitrogens with one attached hydrogen (secondary N) is 1. The molecule has 0 bridgehead atoms. The monoisotopic (exact) mass is 322 g/mol. The zero-order valence-electron chi connectivity index (χ0n) is 12.9. The summed E-state index contributed by atoms with van der Waals surface area (Å²) in [4.78, 5) is 14.2. The molecular formula is C17H20F2N2O2. The summed E-state index contributed by atoms with van der Waals surface area (Å²) in [6, 6.07) is 3.50. The van der Waals surface area contributed by atoms with Crippen LogP contribution in [0.25, 0.3) is 0 Å². The number of hydrogen-bond donors (Lipinski definition) is 1. The lowest BCUT2D eigenvalue weighted by atomic mass is 9.87. The molecule has 3 fully saturated rings. The molecule has 2 saturated heterocycles. The Labute approximate surface area is 133 Å². The molecule has 1 aromatic carbocycles. The van der Waals surface area contributed by atoms with Gasteiger partial charge in [-0.05, 0) is 30.9 Å². The topological polar surface area (TPSA) is 41.6 Å². The Morgan fingerprint density at radius 3 is 2.96 bits per heavy atom. The molecule has 23 heavy (non-hydrogen) atoms. The number of rotatable bonds is 2. The quantitative estimate of drug-likeness (QED) is 0.909. The van der Waals surface area contributed by atoms with Crippen LogP contribution in [0.15, 0.2) is 18.2 Å². The molecule has 0 unspecified atom stereocenters. The van der Waals surface area contributed by atoms with Gasteiger partial charge in [-0.25, -0.2) is 13.6 Å². The molecule has 0 aromatic heterocycles. The standard InChI is InChI=1S/C17H20F2N2O2/c18-11-1-2-12(14(19)7-11)13-8-15(13)20-16(22)21-5-3-17(9-21)4-6-23-10-17/h1-2,7,13,15H,3-6,8-10H2,(H,20,22)/t13-,15-,17+/m1/s1. The van der Waals surface area contributed by atoms with E-state index in [-0.39, 0.29) is 23.4 Å². The van der Waals surface area contributed by atoms with Crippen LogP contribution in [-0.2, 0) is 4.74 Å². The molecule has 2 heterocycles. The fraction of sp³-hybridized carbons (Fsp3) is 0.588. The molecule has 124 valence electrons. The second-order valence-corrected chi connectivity index (χ2v) is 7.04. The second-order valence-electron chi connectivity index (χ2n) is 7.04. The van der Waals surface area contributed by atoms with Gasteiger partial charge in [0.25, 0.3) is 0 Å². The first-order valence-corrected chi connectivity index (χ1v) is 8.14. The van der Waals surface area contributed by atoms with E-state index in [0.29, 0.717) is 12.0 Å². The Bertz CT molecular complexity index is 631. The van der Waals surface area contributed by atoms with Crippen LogP contribution in [-0.4, -0.2) is 43.3 Å². The van der Waals surface area contributed by atoms with Crippen LogP contribution in [0.4, 0.5) is 13.6 Å². The number of likely N-dealkylation sites (tertiary alicyclic amines) is 1. The summed E-state index contributed by atoms with van der Waals surface area (Å²) in [5.74, 6) is -1.16. The summed E-state index contributed by atoms with van der Waals surface area (Å²) in [7, 11) is 0. The molecule has 1 spiro atoms. The van der Waals surface area contributed by atoms with Gasteiger partial charge in [-0.15, -0.1) is 0 Å². The van der Waals surface area contributed by atoms with E-state index in [2.05, 4.69) is 5.32 Å². The van der Waals surface area contributed by atoms with Gasteiger partial charge < -0.3 is 15.0 Å². The minimum absolute atomic E-state index is 0.0501. The summed E-state index contributed by atoms with van der Waals surface area (Å²) in [5, 5.41) is 2.98. The Morgan fingerprint density at radius 1 is 1.35 bits per heavy atom. The van der Waals surface area contributed by atoms with Gasteiger partial charge in [0.15, 0.2) is 0 Å². The van der Waals surface area contributed by atoms with Gasteiger partial charge in [-0.1, -0.05) is 6.07 Å². The van der Waals surface area contributed by atoms with Crippen molar-refractivity contribution in [3.63, 3.8) is 0 Å². The second kappa shape index (κ2) is 5.44. The van der Waals surface area contributed by atoms with E-state index in [0.717, 1.165) is 45.2 Å². The molecular weight excluding hydrogens is 302 g/mol. The molecule has 1 N–H and O–H groups in total. The van der Waals surface area contributed by atoms with Crippen LogP contribution in [0.1, 0.15) is 30.7 Å². The van der Waals surface area contributed by atoms with Crippen LogP contribution >= 0.6 is 0 Å². The third-order valence-electron chi connectivity index (χ3n) is 5.37. The first-order chi connectivity index (χ1) is 11.1. The molecule has 1 aliphatic carbocycles. The average molecular weight is 322 g/mol. The van der Waals surface area contributed by atoms with Gasteiger partial charge in [0.2, 0.25) is 0 Å². The van der Waals surface area contributed by atoms with Crippen molar-refractivity contribution in [2.75, 3.05) is 26.3 Å². The number of nitrogens with zero attached hydrogens (tertiary/aromatic N) is 1.